The van der Waals surface area contributed by atoms with Gasteiger partial charge in [-0.1, -0.05) is 13.8 Å². The van der Waals surface area contributed by atoms with Crippen LogP contribution in [0.1, 0.15) is 32.3 Å². The molecule has 0 radical (unpaired) electrons. The van der Waals surface area contributed by atoms with Crippen molar-refractivity contribution in [3.8, 4) is 0 Å². The molecule has 0 aromatic carbocycles. The van der Waals surface area contributed by atoms with Gasteiger partial charge in [-0.15, -0.1) is 5.10 Å². The fraction of sp³-hybridized carbons (Fsp3) is 0.600. The molecule has 0 saturated carbocycles. The monoisotopic (exact) mass is 273 g/mol. The summed E-state index contributed by atoms with van der Waals surface area (Å²) in [4.78, 5) is 7.08. The molecule has 3 rings (SSSR count). The second-order valence-corrected chi connectivity index (χ2v) is 5.65. The minimum atomic E-state index is 0.483. The molecule has 3 heterocycles. The van der Waals surface area contributed by atoms with Crippen molar-refractivity contribution < 1.29 is 0 Å². The number of piperazine rings is 1. The van der Waals surface area contributed by atoms with Gasteiger partial charge in [0.15, 0.2) is 5.65 Å². The quantitative estimate of drug-likeness (QED) is 0.929. The molecule has 2 unspecified atom stereocenters. The van der Waals surface area contributed by atoms with E-state index in [2.05, 4.69) is 48.2 Å². The van der Waals surface area contributed by atoms with E-state index < -0.39 is 0 Å². The number of aromatic nitrogens is 3. The predicted octanol–water partition coefficient (Wildman–Crippen LogP) is 2.00. The fourth-order valence-electron chi connectivity index (χ4n) is 2.84. The number of aryl methyl sites for hydroxylation is 1. The van der Waals surface area contributed by atoms with Crippen molar-refractivity contribution in [2.45, 2.75) is 45.7 Å². The van der Waals surface area contributed by atoms with Gasteiger partial charge < -0.3 is 10.2 Å². The van der Waals surface area contributed by atoms with E-state index in [1.807, 2.05) is 10.7 Å². The van der Waals surface area contributed by atoms with Crippen molar-refractivity contribution in [1.82, 2.24) is 19.9 Å². The molecular weight excluding hydrogens is 250 g/mol. The Balaban J connectivity index is 1.94. The highest BCUT2D eigenvalue weighted by atomic mass is 15.4. The van der Waals surface area contributed by atoms with Crippen LogP contribution in [0.15, 0.2) is 18.3 Å². The number of hydrogen-bond acceptors (Lipinski definition) is 4. The van der Waals surface area contributed by atoms with Crippen LogP contribution < -0.4 is 10.2 Å². The van der Waals surface area contributed by atoms with Crippen LogP contribution in [-0.2, 0) is 0 Å². The molecule has 1 fully saturated rings. The number of fused-ring (bicyclic) bond motifs is 1. The van der Waals surface area contributed by atoms with E-state index in [1.165, 1.54) is 5.56 Å². The first-order valence-electron chi connectivity index (χ1n) is 7.54. The van der Waals surface area contributed by atoms with Gasteiger partial charge in [0, 0.05) is 31.4 Å². The number of pyridine rings is 1. The highest BCUT2D eigenvalue weighted by Crippen LogP contribution is 2.19. The van der Waals surface area contributed by atoms with Gasteiger partial charge in [-0.3, -0.25) is 0 Å². The standard InChI is InChI=1S/C15H23N5/c1-4-12-10-19(13(5-2)9-16-12)15-17-14-8-11(3)6-7-20(14)18-15/h6-8,12-13,16H,4-5,9-10H2,1-3H3. The first kappa shape index (κ1) is 13.4. The molecule has 1 aliphatic rings. The maximum atomic E-state index is 4.71. The van der Waals surface area contributed by atoms with E-state index in [-0.39, 0.29) is 0 Å². The number of rotatable bonds is 3. The zero-order valence-corrected chi connectivity index (χ0v) is 12.5. The Morgan fingerprint density at radius 1 is 1.35 bits per heavy atom. The van der Waals surface area contributed by atoms with Crippen LogP contribution >= 0.6 is 0 Å². The molecule has 0 aliphatic carbocycles. The van der Waals surface area contributed by atoms with Crippen molar-refractivity contribution in [2.75, 3.05) is 18.0 Å². The summed E-state index contributed by atoms with van der Waals surface area (Å²) in [5.41, 5.74) is 2.15. The smallest absolute Gasteiger partial charge is 0.246 e. The Morgan fingerprint density at radius 2 is 2.20 bits per heavy atom. The van der Waals surface area contributed by atoms with Crippen LogP contribution in [0, 0.1) is 6.92 Å². The lowest BCUT2D eigenvalue weighted by Crippen LogP contribution is -2.56. The number of nitrogens with one attached hydrogen (secondary N) is 1. The van der Waals surface area contributed by atoms with E-state index in [0.29, 0.717) is 12.1 Å². The number of hydrogen-bond donors (Lipinski definition) is 1. The highest BCUT2D eigenvalue weighted by molar-refractivity contribution is 5.47. The summed E-state index contributed by atoms with van der Waals surface area (Å²) in [5, 5.41) is 8.26. The van der Waals surface area contributed by atoms with Gasteiger partial charge in [0.1, 0.15) is 0 Å². The summed E-state index contributed by atoms with van der Waals surface area (Å²) >= 11 is 0. The van der Waals surface area contributed by atoms with Crippen LogP contribution in [0.3, 0.4) is 0 Å². The second-order valence-electron chi connectivity index (χ2n) is 5.65. The maximum absolute atomic E-state index is 4.71. The summed E-state index contributed by atoms with van der Waals surface area (Å²) in [6, 6.07) is 5.16. The van der Waals surface area contributed by atoms with Crippen LogP contribution in [-0.4, -0.2) is 39.8 Å². The van der Waals surface area contributed by atoms with Crippen LogP contribution in [0.5, 0.6) is 0 Å². The predicted molar refractivity (Wildman–Crippen MR) is 81.2 cm³/mol. The third-order valence-electron chi connectivity index (χ3n) is 4.20. The molecule has 1 N–H and O–H groups in total. The molecule has 2 aromatic heterocycles. The second kappa shape index (κ2) is 5.40. The molecule has 5 nitrogen and oxygen atoms in total. The third-order valence-corrected chi connectivity index (χ3v) is 4.20. The Hall–Kier alpha value is -1.62. The van der Waals surface area contributed by atoms with Gasteiger partial charge in [0.05, 0.1) is 0 Å². The maximum Gasteiger partial charge on any atom is 0.246 e. The van der Waals surface area contributed by atoms with Crippen molar-refractivity contribution in [3.05, 3.63) is 23.9 Å². The minimum Gasteiger partial charge on any atom is -0.334 e. The molecule has 5 heteroatoms. The summed E-state index contributed by atoms with van der Waals surface area (Å²) in [6.45, 7) is 8.55. The van der Waals surface area contributed by atoms with E-state index in [0.717, 1.165) is 37.5 Å². The number of anilines is 1. The molecule has 1 aliphatic heterocycles. The van der Waals surface area contributed by atoms with Crippen molar-refractivity contribution in [1.29, 1.82) is 0 Å². The number of nitrogens with zero attached hydrogens (tertiary/aromatic N) is 4. The average molecular weight is 273 g/mol. The molecule has 0 amide bonds. The molecule has 1 saturated heterocycles. The van der Waals surface area contributed by atoms with E-state index in [9.17, 15) is 0 Å². The lowest BCUT2D eigenvalue weighted by atomic mass is 10.1. The largest absolute Gasteiger partial charge is 0.334 e. The first-order valence-corrected chi connectivity index (χ1v) is 7.54. The molecular formula is C15H23N5. The van der Waals surface area contributed by atoms with Crippen LogP contribution in [0.4, 0.5) is 5.95 Å². The van der Waals surface area contributed by atoms with E-state index >= 15 is 0 Å². The summed E-state index contributed by atoms with van der Waals surface area (Å²) in [6.07, 6.45) is 4.24. The Labute approximate surface area is 120 Å². The van der Waals surface area contributed by atoms with Crippen molar-refractivity contribution >= 4 is 11.6 Å². The minimum absolute atomic E-state index is 0.483. The van der Waals surface area contributed by atoms with Gasteiger partial charge in [-0.25, -0.2) is 4.52 Å². The van der Waals surface area contributed by atoms with Crippen molar-refractivity contribution in [2.24, 2.45) is 0 Å². The van der Waals surface area contributed by atoms with Gasteiger partial charge in [-0.2, -0.15) is 4.98 Å². The lowest BCUT2D eigenvalue weighted by Gasteiger charge is -2.39. The van der Waals surface area contributed by atoms with Crippen LogP contribution in [0.2, 0.25) is 0 Å². The zero-order chi connectivity index (χ0) is 14.1. The normalized spacial score (nSPS) is 23.4. The first-order chi connectivity index (χ1) is 9.71. The summed E-state index contributed by atoms with van der Waals surface area (Å²) in [5.74, 6) is 0.863. The topological polar surface area (TPSA) is 45.5 Å². The Morgan fingerprint density at radius 3 is 2.95 bits per heavy atom. The third kappa shape index (κ3) is 2.38. The fourth-order valence-corrected chi connectivity index (χ4v) is 2.84. The average Bonchev–Trinajstić information content (AvgIpc) is 2.89. The van der Waals surface area contributed by atoms with Gasteiger partial charge in [0.2, 0.25) is 5.95 Å². The molecule has 0 spiro atoms. The Bertz CT molecular complexity index is 591. The summed E-state index contributed by atoms with van der Waals surface area (Å²) in [7, 11) is 0. The lowest BCUT2D eigenvalue weighted by molar-refractivity contribution is 0.374. The van der Waals surface area contributed by atoms with Gasteiger partial charge >= 0.3 is 0 Å². The van der Waals surface area contributed by atoms with Crippen LogP contribution in [0.25, 0.3) is 5.65 Å². The molecule has 0 bridgehead atoms. The van der Waals surface area contributed by atoms with Gasteiger partial charge in [-0.05, 0) is 37.5 Å². The Kier molecular flexibility index (Phi) is 3.61. The SMILES string of the molecule is CCC1CN(c2nc3cc(C)ccn3n2)C(CC)CN1. The molecule has 108 valence electrons. The molecule has 20 heavy (non-hydrogen) atoms. The van der Waals surface area contributed by atoms with Gasteiger partial charge in [0.25, 0.3) is 0 Å². The van der Waals surface area contributed by atoms with E-state index in [1.54, 1.807) is 0 Å². The van der Waals surface area contributed by atoms with Crippen molar-refractivity contribution in [3.63, 3.8) is 0 Å². The molecule has 2 atom stereocenters. The zero-order valence-electron chi connectivity index (χ0n) is 12.5. The highest BCUT2D eigenvalue weighted by Gasteiger charge is 2.28. The molecule has 2 aromatic rings. The summed E-state index contributed by atoms with van der Waals surface area (Å²) < 4.78 is 1.87. The van der Waals surface area contributed by atoms with E-state index in [4.69, 9.17) is 4.98 Å².